The first-order valence-electron chi connectivity index (χ1n) is 11.6. The van der Waals surface area contributed by atoms with Gasteiger partial charge in [-0.3, -0.25) is 14.5 Å². The van der Waals surface area contributed by atoms with Crippen LogP contribution < -0.4 is 10.6 Å². The van der Waals surface area contributed by atoms with E-state index in [1.165, 1.54) is 0 Å². The monoisotopic (exact) mass is 451 g/mol. The lowest BCUT2D eigenvalue weighted by molar-refractivity contribution is -0.135. The number of amides is 4. The Labute approximate surface area is 194 Å². The van der Waals surface area contributed by atoms with Crippen LogP contribution in [0.4, 0.5) is 10.5 Å². The van der Waals surface area contributed by atoms with Crippen molar-refractivity contribution in [2.45, 2.75) is 65.8 Å². The molecule has 2 aliphatic rings. The van der Waals surface area contributed by atoms with Gasteiger partial charge in [-0.05, 0) is 63.0 Å². The summed E-state index contributed by atoms with van der Waals surface area (Å²) in [6.07, 6.45) is 2.98. The number of carbonyl (C=O) groups excluding carboxylic acids is 3. The molecule has 176 valence electrons. The Balaban J connectivity index is 1.44. The number of benzene rings is 1. The SMILES string of the molecule is Cc1nn(-c2ccccc2)c(C)c1NC(=O)CN1C(=O)NC2(CCC(C(C)(C)C)CC2)C1=O. The number of anilines is 1. The fourth-order valence-electron chi connectivity index (χ4n) is 5.10. The lowest BCUT2D eigenvalue weighted by Gasteiger charge is -2.40. The molecule has 0 atom stereocenters. The number of rotatable bonds is 4. The van der Waals surface area contributed by atoms with Gasteiger partial charge in [-0.2, -0.15) is 5.10 Å². The quantitative estimate of drug-likeness (QED) is 0.688. The van der Waals surface area contributed by atoms with Crippen LogP contribution in [0.5, 0.6) is 0 Å². The van der Waals surface area contributed by atoms with E-state index in [-0.39, 0.29) is 17.9 Å². The van der Waals surface area contributed by atoms with Gasteiger partial charge in [0.2, 0.25) is 5.91 Å². The average molecular weight is 452 g/mol. The van der Waals surface area contributed by atoms with Crippen molar-refractivity contribution in [2.75, 3.05) is 11.9 Å². The third kappa shape index (κ3) is 4.26. The van der Waals surface area contributed by atoms with Gasteiger partial charge in [0, 0.05) is 0 Å². The molecule has 1 aromatic heterocycles. The number of aromatic nitrogens is 2. The third-order valence-corrected chi connectivity index (χ3v) is 7.17. The van der Waals surface area contributed by atoms with E-state index in [0.717, 1.165) is 29.1 Å². The van der Waals surface area contributed by atoms with Crippen LogP contribution in [0.25, 0.3) is 5.69 Å². The predicted octanol–water partition coefficient (Wildman–Crippen LogP) is 3.95. The first-order valence-corrected chi connectivity index (χ1v) is 11.6. The van der Waals surface area contributed by atoms with Gasteiger partial charge in [0.05, 0.1) is 22.8 Å². The normalized spacial score (nSPS) is 23.2. The zero-order valence-corrected chi connectivity index (χ0v) is 20.1. The number of hydrogen-bond donors (Lipinski definition) is 2. The molecule has 2 aromatic rings. The highest BCUT2D eigenvalue weighted by atomic mass is 16.2. The van der Waals surface area contributed by atoms with E-state index in [0.29, 0.717) is 30.1 Å². The van der Waals surface area contributed by atoms with Gasteiger partial charge >= 0.3 is 6.03 Å². The summed E-state index contributed by atoms with van der Waals surface area (Å²) in [5.41, 5.74) is 2.23. The molecule has 1 aromatic carbocycles. The van der Waals surface area contributed by atoms with E-state index in [4.69, 9.17) is 0 Å². The molecule has 1 saturated heterocycles. The Kier molecular flexibility index (Phi) is 5.80. The van der Waals surface area contributed by atoms with Crippen molar-refractivity contribution in [3.8, 4) is 5.69 Å². The lowest BCUT2D eigenvalue weighted by Crippen LogP contribution is -2.51. The van der Waals surface area contributed by atoms with Crippen LogP contribution in [0, 0.1) is 25.2 Å². The molecule has 1 spiro atoms. The highest BCUT2D eigenvalue weighted by Crippen LogP contribution is 2.43. The van der Waals surface area contributed by atoms with Crippen LogP contribution in [-0.2, 0) is 9.59 Å². The molecule has 0 radical (unpaired) electrons. The van der Waals surface area contributed by atoms with Gasteiger partial charge in [-0.15, -0.1) is 0 Å². The number of carbonyl (C=O) groups is 3. The number of urea groups is 1. The molecule has 0 bridgehead atoms. The Morgan fingerprint density at radius 3 is 2.39 bits per heavy atom. The molecule has 1 aliphatic heterocycles. The molecule has 33 heavy (non-hydrogen) atoms. The van der Waals surface area contributed by atoms with E-state index in [2.05, 4.69) is 36.5 Å². The van der Waals surface area contributed by atoms with E-state index in [1.54, 1.807) is 4.68 Å². The summed E-state index contributed by atoms with van der Waals surface area (Å²) < 4.78 is 1.77. The molecule has 8 heteroatoms. The van der Waals surface area contributed by atoms with E-state index < -0.39 is 17.5 Å². The molecule has 2 heterocycles. The van der Waals surface area contributed by atoms with Crippen LogP contribution in [0.1, 0.15) is 57.8 Å². The summed E-state index contributed by atoms with van der Waals surface area (Å²) in [4.78, 5) is 39.7. The maximum atomic E-state index is 13.2. The van der Waals surface area contributed by atoms with Gasteiger partial charge in [-0.25, -0.2) is 9.48 Å². The number of nitrogens with one attached hydrogen (secondary N) is 2. The second-order valence-electron chi connectivity index (χ2n) is 10.4. The van der Waals surface area contributed by atoms with Crippen molar-refractivity contribution in [1.29, 1.82) is 0 Å². The second-order valence-corrected chi connectivity index (χ2v) is 10.4. The lowest BCUT2D eigenvalue weighted by atomic mass is 9.67. The Morgan fingerprint density at radius 1 is 1.15 bits per heavy atom. The van der Waals surface area contributed by atoms with Crippen LogP contribution in [0.2, 0.25) is 0 Å². The summed E-state index contributed by atoms with van der Waals surface area (Å²) in [6.45, 7) is 10.0. The zero-order chi connectivity index (χ0) is 24.0. The van der Waals surface area contributed by atoms with Crippen molar-refractivity contribution in [3.63, 3.8) is 0 Å². The number of nitrogens with zero attached hydrogens (tertiary/aromatic N) is 3. The Bertz CT molecular complexity index is 1080. The molecule has 2 fully saturated rings. The van der Waals surface area contributed by atoms with Gasteiger partial charge in [-0.1, -0.05) is 39.0 Å². The summed E-state index contributed by atoms with van der Waals surface area (Å²) in [5.74, 6) is -0.196. The fourth-order valence-corrected chi connectivity index (χ4v) is 5.10. The van der Waals surface area contributed by atoms with E-state index in [1.807, 2.05) is 44.2 Å². The smallest absolute Gasteiger partial charge is 0.323 e. The number of imide groups is 1. The second kappa shape index (κ2) is 8.32. The molecule has 8 nitrogen and oxygen atoms in total. The Hall–Kier alpha value is -3.16. The van der Waals surface area contributed by atoms with Gasteiger partial charge < -0.3 is 10.6 Å². The molecular formula is C25H33N5O3. The van der Waals surface area contributed by atoms with Crippen molar-refractivity contribution < 1.29 is 14.4 Å². The standard InChI is InChI=1S/C25H33N5O3/c1-16-21(17(2)30(28-16)19-9-7-6-8-10-19)26-20(31)15-29-22(32)25(27-23(29)33)13-11-18(12-14-25)24(3,4)5/h6-10,18H,11-15H2,1-5H3,(H,26,31)(H,27,33). The van der Waals surface area contributed by atoms with Crippen molar-refractivity contribution in [3.05, 3.63) is 41.7 Å². The topological polar surface area (TPSA) is 96.3 Å². The first kappa shape index (κ1) is 23.0. The minimum atomic E-state index is -0.872. The molecule has 4 rings (SSSR count). The van der Waals surface area contributed by atoms with Gasteiger partial charge in [0.1, 0.15) is 12.1 Å². The van der Waals surface area contributed by atoms with Crippen molar-refractivity contribution >= 4 is 23.5 Å². The number of aryl methyl sites for hydroxylation is 1. The highest BCUT2D eigenvalue weighted by molar-refractivity contribution is 6.10. The van der Waals surface area contributed by atoms with Crippen LogP contribution in [0.3, 0.4) is 0 Å². The first-order chi connectivity index (χ1) is 15.5. The molecule has 1 aliphatic carbocycles. The summed E-state index contributed by atoms with van der Waals surface area (Å²) in [5, 5.41) is 10.3. The zero-order valence-electron chi connectivity index (χ0n) is 20.1. The van der Waals surface area contributed by atoms with Crippen molar-refractivity contribution in [1.82, 2.24) is 20.0 Å². The molecule has 2 N–H and O–H groups in total. The minimum absolute atomic E-state index is 0.173. The molecule has 4 amide bonds. The summed E-state index contributed by atoms with van der Waals surface area (Å²) >= 11 is 0. The number of para-hydroxylation sites is 1. The van der Waals surface area contributed by atoms with Crippen LogP contribution in [0.15, 0.2) is 30.3 Å². The summed E-state index contributed by atoms with van der Waals surface area (Å²) in [6, 6.07) is 9.16. The molecule has 0 unspecified atom stereocenters. The largest absolute Gasteiger partial charge is 0.325 e. The Morgan fingerprint density at radius 2 is 1.79 bits per heavy atom. The van der Waals surface area contributed by atoms with Gasteiger partial charge in [0.25, 0.3) is 5.91 Å². The highest BCUT2D eigenvalue weighted by Gasteiger charge is 2.53. The maximum Gasteiger partial charge on any atom is 0.325 e. The van der Waals surface area contributed by atoms with E-state index in [9.17, 15) is 14.4 Å². The van der Waals surface area contributed by atoms with Gasteiger partial charge in [0.15, 0.2) is 0 Å². The summed E-state index contributed by atoms with van der Waals surface area (Å²) in [7, 11) is 0. The van der Waals surface area contributed by atoms with Crippen LogP contribution >= 0.6 is 0 Å². The fraction of sp³-hybridized carbons (Fsp3) is 0.520. The number of hydrogen-bond acceptors (Lipinski definition) is 4. The maximum absolute atomic E-state index is 13.2. The van der Waals surface area contributed by atoms with Crippen LogP contribution in [-0.4, -0.2) is 44.6 Å². The van der Waals surface area contributed by atoms with E-state index >= 15 is 0 Å². The molecular weight excluding hydrogens is 418 g/mol. The average Bonchev–Trinajstić information content (AvgIpc) is 3.16. The third-order valence-electron chi connectivity index (χ3n) is 7.17. The van der Waals surface area contributed by atoms with Crippen molar-refractivity contribution in [2.24, 2.45) is 11.3 Å². The minimum Gasteiger partial charge on any atom is -0.323 e. The molecule has 1 saturated carbocycles. The predicted molar refractivity (Wildman–Crippen MR) is 126 cm³/mol.